The highest BCUT2D eigenvalue weighted by atomic mass is 32.2. The number of thioether (sulfide) groups is 1. The standard InChI is InChI=1S/C8H6N2O2S2/c1-13-8-10-6-5(14-8)2-4(3-9-6)7(11)12/h2-3H,1H3,(H,11,12). The van der Waals surface area contributed by atoms with Crippen molar-refractivity contribution in [1.82, 2.24) is 9.97 Å². The summed E-state index contributed by atoms with van der Waals surface area (Å²) in [6, 6.07) is 1.60. The molecule has 0 fully saturated rings. The van der Waals surface area contributed by atoms with Gasteiger partial charge in [-0.2, -0.15) is 0 Å². The van der Waals surface area contributed by atoms with Crippen LogP contribution in [0.2, 0.25) is 0 Å². The monoisotopic (exact) mass is 226 g/mol. The maximum Gasteiger partial charge on any atom is 0.337 e. The Labute approximate surface area is 88.0 Å². The van der Waals surface area contributed by atoms with E-state index >= 15 is 0 Å². The molecule has 2 aromatic rings. The van der Waals surface area contributed by atoms with Gasteiger partial charge in [-0.25, -0.2) is 14.8 Å². The highest BCUT2D eigenvalue weighted by Gasteiger charge is 2.08. The van der Waals surface area contributed by atoms with Crippen LogP contribution in [0, 0.1) is 0 Å². The van der Waals surface area contributed by atoms with Crippen molar-refractivity contribution in [3.63, 3.8) is 0 Å². The van der Waals surface area contributed by atoms with Crippen LogP contribution in [0.15, 0.2) is 16.6 Å². The molecule has 0 radical (unpaired) electrons. The van der Waals surface area contributed by atoms with Gasteiger partial charge in [0.1, 0.15) is 0 Å². The number of nitrogens with zero attached hydrogens (tertiary/aromatic N) is 2. The van der Waals surface area contributed by atoms with Gasteiger partial charge in [0, 0.05) is 6.20 Å². The van der Waals surface area contributed by atoms with Crippen molar-refractivity contribution in [2.24, 2.45) is 0 Å². The fourth-order valence-corrected chi connectivity index (χ4v) is 2.48. The third kappa shape index (κ3) is 1.58. The van der Waals surface area contributed by atoms with E-state index in [1.165, 1.54) is 29.3 Å². The van der Waals surface area contributed by atoms with E-state index in [-0.39, 0.29) is 5.56 Å². The molecule has 0 aliphatic rings. The number of carbonyl (C=O) groups is 1. The number of thiazole rings is 1. The molecule has 2 rings (SSSR count). The zero-order valence-electron chi connectivity index (χ0n) is 7.22. The maximum absolute atomic E-state index is 10.7. The Balaban J connectivity index is 2.59. The molecule has 0 aromatic carbocycles. The molecule has 0 amide bonds. The Morgan fingerprint density at radius 2 is 2.43 bits per heavy atom. The number of fused-ring (bicyclic) bond motifs is 1. The van der Waals surface area contributed by atoms with Gasteiger partial charge in [0.25, 0.3) is 0 Å². The summed E-state index contributed by atoms with van der Waals surface area (Å²) in [5, 5.41) is 8.75. The molecule has 0 saturated carbocycles. The van der Waals surface area contributed by atoms with E-state index in [9.17, 15) is 4.79 Å². The number of carboxylic acid groups (broad SMARTS) is 1. The molecule has 1 N–H and O–H groups in total. The second kappa shape index (κ2) is 3.55. The Morgan fingerprint density at radius 3 is 3.07 bits per heavy atom. The van der Waals surface area contributed by atoms with E-state index in [0.717, 1.165) is 9.04 Å². The molecule has 0 unspecified atom stereocenters. The van der Waals surface area contributed by atoms with Crippen molar-refractivity contribution in [2.75, 3.05) is 6.26 Å². The zero-order chi connectivity index (χ0) is 10.1. The molecule has 0 spiro atoms. The fourth-order valence-electron chi connectivity index (χ4n) is 1.00. The SMILES string of the molecule is CSc1nc2ncc(C(=O)O)cc2s1. The van der Waals surface area contributed by atoms with E-state index in [2.05, 4.69) is 9.97 Å². The molecule has 72 valence electrons. The third-order valence-electron chi connectivity index (χ3n) is 1.65. The molecule has 14 heavy (non-hydrogen) atoms. The van der Waals surface area contributed by atoms with Crippen LogP contribution in [-0.2, 0) is 0 Å². The quantitative estimate of drug-likeness (QED) is 0.794. The summed E-state index contributed by atoms with van der Waals surface area (Å²) in [7, 11) is 0. The van der Waals surface area contributed by atoms with E-state index in [4.69, 9.17) is 5.11 Å². The Hall–Kier alpha value is -1.14. The first-order valence-electron chi connectivity index (χ1n) is 3.74. The summed E-state index contributed by atoms with van der Waals surface area (Å²) in [4.78, 5) is 18.8. The lowest BCUT2D eigenvalue weighted by Crippen LogP contribution is -1.96. The largest absolute Gasteiger partial charge is 0.478 e. The molecule has 6 heteroatoms. The van der Waals surface area contributed by atoms with Gasteiger partial charge in [-0.1, -0.05) is 11.8 Å². The van der Waals surface area contributed by atoms with Crippen LogP contribution in [0.25, 0.3) is 10.3 Å². The lowest BCUT2D eigenvalue weighted by atomic mass is 10.3. The van der Waals surface area contributed by atoms with Crippen molar-refractivity contribution in [3.8, 4) is 0 Å². The third-order valence-corrected chi connectivity index (χ3v) is 3.63. The minimum absolute atomic E-state index is 0.203. The first-order valence-corrected chi connectivity index (χ1v) is 5.78. The average molecular weight is 226 g/mol. The predicted molar refractivity (Wildman–Crippen MR) is 56.2 cm³/mol. The number of hydrogen-bond donors (Lipinski definition) is 1. The first kappa shape index (κ1) is 9.42. The van der Waals surface area contributed by atoms with Crippen LogP contribution in [0.4, 0.5) is 0 Å². The van der Waals surface area contributed by atoms with Gasteiger partial charge >= 0.3 is 5.97 Å². The molecule has 0 aliphatic carbocycles. The topological polar surface area (TPSA) is 63.1 Å². The summed E-state index contributed by atoms with van der Waals surface area (Å²) in [6.07, 6.45) is 3.25. The van der Waals surface area contributed by atoms with Crippen molar-refractivity contribution in [1.29, 1.82) is 0 Å². The van der Waals surface area contributed by atoms with Gasteiger partial charge in [-0.3, -0.25) is 0 Å². The van der Waals surface area contributed by atoms with Crippen LogP contribution in [0.5, 0.6) is 0 Å². The lowest BCUT2D eigenvalue weighted by Gasteiger charge is -1.91. The fraction of sp³-hybridized carbons (Fsp3) is 0.125. The maximum atomic E-state index is 10.7. The minimum atomic E-state index is -0.960. The van der Waals surface area contributed by atoms with Gasteiger partial charge < -0.3 is 5.11 Å². The van der Waals surface area contributed by atoms with Crippen molar-refractivity contribution in [3.05, 3.63) is 17.8 Å². The number of aromatic nitrogens is 2. The second-order valence-corrected chi connectivity index (χ2v) is 4.62. The summed E-state index contributed by atoms with van der Waals surface area (Å²) >= 11 is 2.98. The summed E-state index contributed by atoms with van der Waals surface area (Å²) < 4.78 is 1.71. The Morgan fingerprint density at radius 1 is 1.64 bits per heavy atom. The van der Waals surface area contributed by atoms with Crippen LogP contribution < -0.4 is 0 Å². The molecular weight excluding hydrogens is 220 g/mol. The number of rotatable bonds is 2. The average Bonchev–Trinajstić information content (AvgIpc) is 2.58. The predicted octanol–water partition coefficient (Wildman–Crippen LogP) is 2.11. The van der Waals surface area contributed by atoms with E-state index in [0.29, 0.717) is 5.65 Å². The second-order valence-electron chi connectivity index (χ2n) is 2.53. The van der Waals surface area contributed by atoms with E-state index < -0.39 is 5.97 Å². The van der Waals surface area contributed by atoms with Gasteiger partial charge in [0.2, 0.25) is 0 Å². The molecule has 0 saturated heterocycles. The number of pyridine rings is 1. The molecular formula is C8H6N2O2S2. The van der Waals surface area contributed by atoms with Crippen LogP contribution in [0.3, 0.4) is 0 Å². The number of aromatic carboxylic acids is 1. The molecule has 2 heterocycles. The van der Waals surface area contributed by atoms with Gasteiger partial charge in [-0.05, 0) is 12.3 Å². The van der Waals surface area contributed by atoms with Crippen molar-refractivity contribution in [2.45, 2.75) is 4.34 Å². The molecule has 4 nitrogen and oxygen atoms in total. The first-order chi connectivity index (χ1) is 6.70. The normalized spacial score (nSPS) is 10.6. The van der Waals surface area contributed by atoms with E-state index in [1.807, 2.05) is 6.26 Å². The van der Waals surface area contributed by atoms with Crippen molar-refractivity contribution < 1.29 is 9.90 Å². The molecule has 0 bridgehead atoms. The van der Waals surface area contributed by atoms with Crippen LogP contribution >= 0.6 is 23.1 Å². The summed E-state index contributed by atoms with van der Waals surface area (Å²) in [5.41, 5.74) is 0.818. The van der Waals surface area contributed by atoms with Gasteiger partial charge in [-0.15, -0.1) is 11.3 Å². The number of hydrogen-bond acceptors (Lipinski definition) is 5. The van der Waals surface area contributed by atoms with Crippen LogP contribution in [-0.4, -0.2) is 27.3 Å². The summed E-state index contributed by atoms with van der Waals surface area (Å²) in [5.74, 6) is -0.960. The Kier molecular flexibility index (Phi) is 2.39. The molecule has 0 atom stereocenters. The molecule has 2 aromatic heterocycles. The molecule has 0 aliphatic heterocycles. The lowest BCUT2D eigenvalue weighted by molar-refractivity contribution is 0.0696. The van der Waals surface area contributed by atoms with Crippen molar-refractivity contribution >= 4 is 39.4 Å². The van der Waals surface area contributed by atoms with E-state index in [1.54, 1.807) is 6.07 Å². The van der Waals surface area contributed by atoms with Gasteiger partial charge in [0.05, 0.1) is 10.3 Å². The Bertz CT molecular complexity index is 495. The number of carboxylic acids is 1. The van der Waals surface area contributed by atoms with Gasteiger partial charge in [0.15, 0.2) is 9.99 Å². The minimum Gasteiger partial charge on any atom is -0.478 e. The zero-order valence-corrected chi connectivity index (χ0v) is 8.85. The summed E-state index contributed by atoms with van der Waals surface area (Å²) in [6.45, 7) is 0. The van der Waals surface area contributed by atoms with Crippen LogP contribution in [0.1, 0.15) is 10.4 Å². The highest BCUT2D eigenvalue weighted by Crippen LogP contribution is 2.27. The smallest absolute Gasteiger partial charge is 0.337 e. The highest BCUT2D eigenvalue weighted by molar-refractivity contribution is 8.00.